The third-order valence-corrected chi connectivity index (χ3v) is 3.62. The maximum Gasteiger partial charge on any atom is 0.170 e. The highest BCUT2D eigenvalue weighted by atomic mass is 19.1. The maximum atomic E-state index is 14.5. The van der Waals surface area contributed by atoms with E-state index >= 15 is 0 Å². The van der Waals surface area contributed by atoms with Crippen molar-refractivity contribution in [3.8, 4) is 0 Å². The number of hydrogen-bond donors (Lipinski definition) is 1. The van der Waals surface area contributed by atoms with Crippen molar-refractivity contribution in [2.75, 3.05) is 44.7 Å². The van der Waals surface area contributed by atoms with Crippen molar-refractivity contribution in [3.05, 3.63) is 23.6 Å². The summed E-state index contributed by atoms with van der Waals surface area (Å²) < 4.78 is 14.5. The van der Waals surface area contributed by atoms with Gasteiger partial charge >= 0.3 is 0 Å². The summed E-state index contributed by atoms with van der Waals surface area (Å²) in [6.07, 6.45) is 1.71. The van der Waals surface area contributed by atoms with Gasteiger partial charge in [-0.1, -0.05) is 13.8 Å². The molecule has 2 rings (SSSR count). The van der Waals surface area contributed by atoms with Gasteiger partial charge in [0.25, 0.3) is 0 Å². The second kappa shape index (κ2) is 6.99. The van der Waals surface area contributed by atoms with Crippen LogP contribution in [0.2, 0.25) is 0 Å². The first-order valence-corrected chi connectivity index (χ1v) is 7.35. The molecule has 5 heteroatoms. The molecular formula is C15H25FN4. The van der Waals surface area contributed by atoms with E-state index in [0.717, 1.165) is 32.7 Å². The number of likely N-dealkylation sites (N-methyl/N-ethyl adjacent to an activating group) is 1. The summed E-state index contributed by atoms with van der Waals surface area (Å²) in [5.41, 5.74) is 0.703. The van der Waals surface area contributed by atoms with E-state index < -0.39 is 0 Å². The van der Waals surface area contributed by atoms with Crippen LogP contribution in [0.25, 0.3) is 0 Å². The fourth-order valence-corrected chi connectivity index (χ4v) is 2.34. The fourth-order valence-electron chi connectivity index (χ4n) is 2.34. The molecule has 0 spiro atoms. The van der Waals surface area contributed by atoms with Crippen molar-refractivity contribution >= 4 is 5.82 Å². The monoisotopic (exact) mass is 280 g/mol. The van der Waals surface area contributed by atoms with Crippen molar-refractivity contribution in [2.24, 2.45) is 5.92 Å². The Morgan fingerprint density at radius 3 is 2.65 bits per heavy atom. The number of aromatic nitrogens is 1. The SMILES string of the molecule is CC(C)CNCc1ccnc(N2CCN(C)CC2)c1F. The summed E-state index contributed by atoms with van der Waals surface area (Å²) in [5, 5.41) is 3.28. The molecule has 1 aromatic rings. The summed E-state index contributed by atoms with van der Waals surface area (Å²) in [7, 11) is 2.09. The van der Waals surface area contributed by atoms with Gasteiger partial charge in [0, 0.05) is 44.5 Å². The summed E-state index contributed by atoms with van der Waals surface area (Å²) in [5.74, 6) is 0.896. The molecule has 0 aliphatic carbocycles. The minimum Gasteiger partial charge on any atom is -0.352 e. The zero-order chi connectivity index (χ0) is 14.5. The predicted molar refractivity (Wildman–Crippen MR) is 80.4 cm³/mol. The molecule has 1 fully saturated rings. The molecule has 112 valence electrons. The van der Waals surface area contributed by atoms with E-state index in [4.69, 9.17) is 0 Å². The highest BCUT2D eigenvalue weighted by molar-refractivity contribution is 5.43. The number of hydrogen-bond acceptors (Lipinski definition) is 4. The number of pyridine rings is 1. The normalized spacial score (nSPS) is 16.9. The molecule has 20 heavy (non-hydrogen) atoms. The highest BCUT2D eigenvalue weighted by Gasteiger charge is 2.20. The molecule has 4 nitrogen and oxygen atoms in total. The fraction of sp³-hybridized carbons (Fsp3) is 0.667. The Morgan fingerprint density at radius 2 is 2.00 bits per heavy atom. The van der Waals surface area contributed by atoms with Crippen molar-refractivity contribution < 1.29 is 4.39 Å². The lowest BCUT2D eigenvalue weighted by Gasteiger charge is -2.33. The first-order chi connectivity index (χ1) is 9.58. The summed E-state index contributed by atoms with van der Waals surface area (Å²) in [6.45, 7) is 9.33. The van der Waals surface area contributed by atoms with Crippen LogP contribution in [-0.2, 0) is 6.54 Å². The smallest absolute Gasteiger partial charge is 0.170 e. The van der Waals surface area contributed by atoms with Crippen LogP contribution in [0.1, 0.15) is 19.4 Å². The van der Waals surface area contributed by atoms with E-state index in [1.165, 1.54) is 0 Å². The molecule has 1 aliphatic heterocycles. The number of halogens is 1. The van der Waals surface area contributed by atoms with Gasteiger partial charge in [-0.2, -0.15) is 0 Å². The Balaban J connectivity index is 2.03. The lowest BCUT2D eigenvalue weighted by Crippen LogP contribution is -2.45. The van der Waals surface area contributed by atoms with Crippen LogP contribution in [0, 0.1) is 11.7 Å². The summed E-state index contributed by atoms with van der Waals surface area (Å²) in [6, 6.07) is 1.77. The minimum atomic E-state index is -0.173. The molecule has 1 N–H and O–H groups in total. The van der Waals surface area contributed by atoms with Crippen LogP contribution in [-0.4, -0.2) is 49.7 Å². The van der Waals surface area contributed by atoms with Crippen LogP contribution >= 0.6 is 0 Å². The topological polar surface area (TPSA) is 31.4 Å². The second-order valence-electron chi connectivity index (χ2n) is 5.92. The number of rotatable bonds is 5. The van der Waals surface area contributed by atoms with E-state index in [2.05, 4.69) is 36.1 Å². The molecule has 0 unspecified atom stereocenters. The van der Waals surface area contributed by atoms with Crippen LogP contribution in [0.5, 0.6) is 0 Å². The first-order valence-electron chi connectivity index (χ1n) is 7.35. The number of anilines is 1. The van der Waals surface area contributed by atoms with Crippen molar-refractivity contribution in [1.82, 2.24) is 15.2 Å². The Morgan fingerprint density at radius 1 is 1.30 bits per heavy atom. The van der Waals surface area contributed by atoms with E-state index in [9.17, 15) is 4.39 Å². The van der Waals surface area contributed by atoms with Gasteiger partial charge in [-0.25, -0.2) is 9.37 Å². The molecule has 0 radical (unpaired) electrons. The third-order valence-electron chi connectivity index (χ3n) is 3.62. The van der Waals surface area contributed by atoms with Crippen molar-refractivity contribution in [3.63, 3.8) is 0 Å². The number of nitrogens with one attached hydrogen (secondary N) is 1. The zero-order valence-electron chi connectivity index (χ0n) is 12.7. The van der Waals surface area contributed by atoms with Gasteiger partial charge in [-0.15, -0.1) is 0 Å². The van der Waals surface area contributed by atoms with Gasteiger partial charge in [0.15, 0.2) is 11.6 Å². The average Bonchev–Trinajstić information content (AvgIpc) is 2.41. The van der Waals surface area contributed by atoms with Crippen LogP contribution in [0.15, 0.2) is 12.3 Å². The minimum absolute atomic E-state index is 0.173. The maximum absolute atomic E-state index is 14.5. The predicted octanol–water partition coefficient (Wildman–Crippen LogP) is 1.72. The Kier molecular flexibility index (Phi) is 5.31. The van der Waals surface area contributed by atoms with Crippen molar-refractivity contribution in [2.45, 2.75) is 20.4 Å². The molecule has 0 amide bonds. The van der Waals surface area contributed by atoms with Gasteiger partial charge in [0.1, 0.15) is 0 Å². The first kappa shape index (κ1) is 15.2. The summed E-state index contributed by atoms with van der Waals surface area (Å²) >= 11 is 0. The van der Waals surface area contributed by atoms with Gasteiger partial charge in [-0.05, 0) is 25.6 Å². The standard InChI is InChI=1S/C15H25FN4/c1-12(2)10-17-11-13-4-5-18-15(14(13)16)20-8-6-19(3)7-9-20/h4-5,12,17H,6-11H2,1-3H3. The molecular weight excluding hydrogens is 255 g/mol. The number of nitrogens with zero attached hydrogens (tertiary/aromatic N) is 3. The molecule has 1 saturated heterocycles. The lowest BCUT2D eigenvalue weighted by molar-refractivity contribution is 0.310. The lowest BCUT2D eigenvalue weighted by atomic mass is 10.2. The van der Waals surface area contributed by atoms with E-state index in [1.807, 2.05) is 4.90 Å². The Bertz CT molecular complexity index is 428. The zero-order valence-corrected chi connectivity index (χ0v) is 12.7. The van der Waals surface area contributed by atoms with E-state index in [0.29, 0.717) is 23.8 Å². The molecule has 2 heterocycles. The Hall–Kier alpha value is -1.20. The van der Waals surface area contributed by atoms with Crippen LogP contribution < -0.4 is 10.2 Å². The van der Waals surface area contributed by atoms with Gasteiger partial charge in [-0.3, -0.25) is 0 Å². The molecule has 1 aromatic heterocycles. The number of piperazine rings is 1. The van der Waals surface area contributed by atoms with Crippen molar-refractivity contribution in [1.29, 1.82) is 0 Å². The Labute approximate surface area is 121 Å². The molecule has 0 bridgehead atoms. The third kappa shape index (κ3) is 3.90. The largest absolute Gasteiger partial charge is 0.352 e. The van der Waals surface area contributed by atoms with E-state index in [-0.39, 0.29) is 5.82 Å². The van der Waals surface area contributed by atoms with Crippen LogP contribution in [0.3, 0.4) is 0 Å². The molecule has 1 aliphatic rings. The summed E-state index contributed by atoms with van der Waals surface area (Å²) in [4.78, 5) is 8.53. The highest BCUT2D eigenvalue weighted by Crippen LogP contribution is 2.20. The van der Waals surface area contributed by atoms with Gasteiger partial charge < -0.3 is 15.1 Å². The average molecular weight is 280 g/mol. The molecule has 0 aromatic carbocycles. The van der Waals surface area contributed by atoms with E-state index in [1.54, 1.807) is 12.3 Å². The molecule has 0 saturated carbocycles. The van der Waals surface area contributed by atoms with Gasteiger partial charge in [0.2, 0.25) is 0 Å². The van der Waals surface area contributed by atoms with Gasteiger partial charge in [0.05, 0.1) is 0 Å². The molecule has 0 atom stereocenters. The quantitative estimate of drug-likeness (QED) is 0.890. The van der Waals surface area contributed by atoms with Crippen LogP contribution in [0.4, 0.5) is 10.2 Å². The second-order valence-corrected chi connectivity index (χ2v) is 5.92.